The van der Waals surface area contributed by atoms with Gasteiger partial charge in [-0.05, 0) is 30.4 Å². The van der Waals surface area contributed by atoms with Gasteiger partial charge in [0.2, 0.25) is 0 Å². The predicted octanol–water partition coefficient (Wildman–Crippen LogP) is 0.848. The van der Waals surface area contributed by atoms with E-state index >= 15 is 0 Å². The summed E-state index contributed by atoms with van der Waals surface area (Å²) in [6.07, 6.45) is 2.58. The van der Waals surface area contributed by atoms with Gasteiger partial charge in [-0.15, -0.1) is 0 Å². The predicted molar refractivity (Wildman–Crippen MR) is 103 cm³/mol. The second kappa shape index (κ2) is 7.77. The zero-order valence-corrected chi connectivity index (χ0v) is 15.9. The first-order valence-electron chi connectivity index (χ1n) is 9.15. The largest absolute Gasteiger partial charge is 0.370 e. The summed E-state index contributed by atoms with van der Waals surface area (Å²) < 4.78 is 1.29. The van der Waals surface area contributed by atoms with Crippen molar-refractivity contribution in [1.82, 2.24) is 20.1 Å². The van der Waals surface area contributed by atoms with E-state index in [2.05, 4.69) is 20.3 Å². The smallest absolute Gasteiger partial charge is 0.268 e. The molecule has 0 aliphatic carbocycles. The Bertz CT molecular complexity index is 947. The number of H-pyrrole nitrogens is 1. The Balaban J connectivity index is 1.58. The summed E-state index contributed by atoms with van der Waals surface area (Å²) in [7, 11) is 1.61. The van der Waals surface area contributed by atoms with Gasteiger partial charge in [0.05, 0.1) is 11.9 Å². The summed E-state index contributed by atoms with van der Waals surface area (Å²) in [5.74, 6) is 0.0934. The van der Waals surface area contributed by atoms with Crippen LogP contribution in [0.4, 0.5) is 5.69 Å². The molecule has 0 saturated carbocycles. The van der Waals surface area contributed by atoms with Crippen LogP contribution in [0, 0.1) is 5.92 Å². The lowest BCUT2D eigenvalue weighted by molar-refractivity contribution is 0.0946. The SMILES string of the molecule is CC(C)c1ccc(C(=O)NCC2CCN(c3cnn(C)c(=O)c3)C2)c(=O)[nH]1. The molecule has 0 bridgehead atoms. The van der Waals surface area contributed by atoms with Gasteiger partial charge in [-0.2, -0.15) is 5.10 Å². The highest BCUT2D eigenvalue weighted by molar-refractivity contribution is 5.93. The maximum absolute atomic E-state index is 12.3. The molecule has 1 saturated heterocycles. The molecule has 1 unspecified atom stereocenters. The van der Waals surface area contributed by atoms with Crippen LogP contribution in [0.15, 0.2) is 34.0 Å². The summed E-state index contributed by atoms with van der Waals surface area (Å²) >= 11 is 0. The summed E-state index contributed by atoms with van der Waals surface area (Å²) in [6, 6.07) is 4.93. The molecule has 27 heavy (non-hydrogen) atoms. The first kappa shape index (κ1) is 18.9. The topological polar surface area (TPSA) is 100 Å². The van der Waals surface area contributed by atoms with Gasteiger partial charge in [0.15, 0.2) is 0 Å². The number of carbonyl (C=O) groups is 1. The maximum Gasteiger partial charge on any atom is 0.268 e. The fraction of sp³-hybridized carbons (Fsp3) is 0.474. The Morgan fingerprint density at radius 2 is 2.15 bits per heavy atom. The van der Waals surface area contributed by atoms with Gasteiger partial charge in [-0.1, -0.05) is 13.8 Å². The Kier molecular flexibility index (Phi) is 5.43. The van der Waals surface area contributed by atoms with Crippen molar-refractivity contribution >= 4 is 11.6 Å². The second-order valence-electron chi connectivity index (χ2n) is 7.30. The molecule has 3 heterocycles. The highest BCUT2D eigenvalue weighted by Crippen LogP contribution is 2.21. The molecule has 3 rings (SSSR count). The molecule has 2 aromatic heterocycles. The van der Waals surface area contributed by atoms with E-state index in [1.165, 1.54) is 4.68 Å². The molecular formula is C19H25N5O3. The molecule has 1 atom stereocenters. The van der Waals surface area contributed by atoms with Crippen molar-refractivity contribution in [1.29, 1.82) is 0 Å². The first-order valence-corrected chi connectivity index (χ1v) is 9.15. The third-order valence-corrected chi connectivity index (χ3v) is 4.95. The van der Waals surface area contributed by atoms with Crippen LogP contribution in [0.1, 0.15) is 42.2 Å². The van der Waals surface area contributed by atoms with Crippen molar-refractivity contribution in [2.75, 3.05) is 24.5 Å². The Morgan fingerprint density at radius 3 is 2.81 bits per heavy atom. The van der Waals surface area contributed by atoms with Gasteiger partial charge in [0.25, 0.3) is 17.0 Å². The minimum Gasteiger partial charge on any atom is -0.370 e. The van der Waals surface area contributed by atoms with Gasteiger partial charge in [-0.3, -0.25) is 14.4 Å². The number of hydrogen-bond acceptors (Lipinski definition) is 5. The standard InChI is InChI=1S/C19H25N5O3/c1-12(2)16-5-4-15(19(27)22-16)18(26)20-9-13-6-7-24(11-13)14-8-17(25)23(3)21-10-14/h4-5,8,10,12-13H,6-7,9,11H2,1-3H3,(H,20,26)(H,22,27). The highest BCUT2D eigenvalue weighted by atomic mass is 16.2. The van der Waals surface area contributed by atoms with Crippen molar-refractivity contribution < 1.29 is 4.79 Å². The van der Waals surface area contributed by atoms with E-state index in [-0.39, 0.29) is 34.4 Å². The zero-order chi connectivity index (χ0) is 19.6. The molecule has 144 valence electrons. The fourth-order valence-electron chi connectivity index (χ4n) is 3.20. The minimum atomic E-state index is -0.363. The lowest BCUT2D eigenvalue weighted by Crippen LogP contribution is -2.34. The Morgan fingerprint density at radius 1 is 1.37 bits per heavy atom. The molecule has 2 aromatic rings. The number of aromatic amines is 1. The molecule has 2 N–H and O–H groups in total. The van der Waals surface area contributed by atoms with Crippen molar-refractivity contribution in [2.24, 2.45) is 13.0 Å². The number of nitrogens with zero attached hydrogens (tertiary/aromatic N) is 3. The average molecular weight is 371 g/mol. The van der Waals surface area contributed by atoms with Crippen LogP contribution in [-0.2, 0) is 7.05 Å². The normalized spacial score (nSPS) is 16.7. The maximum atomic E-state index is 12.3. The molecule has 0 radical (unpaired) electrons. The van der Waals surface area contributed by atoms with Crippen molar-refractivity contribution in [2.45, 2.75) is 26.2 Å². The van der Waals surface area contributed by atoms with Crippen LogP contribution in [0.2, 0.25) is 0 Å². The number of carbonyl (C=O) groups excluding carboxylic acids is 1. The summed E-state index contributed by atoms with van der Waals surface area (Å²) in [6.45, 7) is 5.99. The van der Waals surface area contributed by atoms with E-state index in [4.69, 9.17) is 0 Å². The monoisotopic (exact) mass is 371 g/mol. The van der Waals surface area contributed by atoms with E-state index in [0.29, 0.717) is 6.54 Å². The molecule has 0 spiro atoms. The number of hydrogen-bond donors (Lipinski definition) is 2. The van der Waals surface area contributed by atoms with Gasteiger partial charge in [-0.25, -0.2) is 4.68 Å². The van der Waals surface area contributed by atoms with Crippen LogP contribution >= 0.6 is 0 Å². The van der Waals surface area contributed by atoms with E-state index in [9.17, 15) is 14.4 Å². The number of aryl methyl sites for hydroxylation is 1. The number of aromatic nitrogens is 3. The summed E-state index contributed by atoms with van der Waals surface area (Å²) in [5.41, 5.74) is 1.23. The Hall–Kier alpha value is -2.90. The second-order valence-corrected chi connectivity index (χ2v) is 7.30. The van der Waals surface area contributed by atoms with Crippen molar-refractivity contribution in [3.8, 4) is 0 Å². The molecule has 8 nitrogen and oxygen atoms in total. The molecule has 8 heteroatoms. The highest BCUT2D eigenvalue weighted by Gasteiger charge is 2.24. The van der Waals surface area contributed by atoms with Crippen LogP contribution in [0.25, 0.3) is 0 Å². The van der Waals surface area contributed by atoms with Gasteiger partial charge in [0, 0.05) is 38.4 Å². The zero-order valence-electron chi connectivity index (χ0n) is 15.9. The molecule has 1 aliphatic heterocycles. The summed E-state index contributed by atoms with van der Waals surface area (Å²) in [5, 5.41) is 6.90. The van der Waals surface area contributed by atoms with Crippen LogP contribution in [-0.4, -0.2) is 40.3 Å². The lowest BCUT2D eigenvalue weighted by Gasteiger charge is -2.18. The van der Waals surface area contributed by atoms with Crippen LogP contribution in [0.5, 0.6) is 0 Å². The number of nitrogens with one attached hydrogen (secondary N) is 2. The summed E-state index contributed by atoms with van der Waals surface area (Å²) in [4.78, 5) is 41.0. The molecular weight excluding hydrogens is 346 g/mol. The lowest BCUT2D eigenvalue weighted by atomic mass is 10.1. The van der Waals surface area contributed by atoms with E-state index in [1.807, 2.05) is 13.8 Å². The van der Waals surface area contributed by atoms with E-state index in [0.717, 1.165) is 30.9 Å². The molecule has 0 aromatic carbocycles. The van der Waals surface area contributed by atoms with Crippen molar-refractivity contribution in [3.05, 3.63) is 56.4 Å². The first-order chi connectivity index (χ1) is 12.8. The number of amides is 1. The number of rotatable bonds is 5. The van der Waals surface area contributed by atoms with E-state index < -0.39 is 0 Å². The van der Waals surface area contributed by atoms with E-state index in [1.54, 1.807) is 31.4 Å². The molecule has 1 amide bonds. The third kappa shape index (κ3) is 4.27. The Labute approximate surface area is 157 Å². The number of pyridine rings is 1. The fourth-order valence-corrected chi connectivity index (χ4v) is 3.20. The molecule has 1 aliphatic rings. The quantitative estimate of drug-likeness (QED) is 0.812. The minimum absolute atomic E-state index is 0.130. The molecule has 1 fully saturated rings. The average Bonchev–Trinajstić information content (AvgIpc) is 3.11. The van der Waals surface area contributed by atoms with Crippen LogP contribution < -0.4 is 21.3 Å². The van der Waals surface area contributed by atoms with Gasteiger partial charge in [0.1, 0.15) is 5.56 Å². The van der Waals surface area contributed by atoms with Crippen molar-refractivity contribution in [3.63, 3.8) is 0 Å². The van der Waals surface area contributed by atoms with Crippen LogP contribution in [0.3, 0.4) is 0 Å². The number of anilines is 1. The van der Waals surface area contributed by atoms with Gasteiger partial charge < -0.3 is 15.2 Å². The third-order valence-electron chi connectivity index (χ3n) is 4.95. The van der Waals surface area contributed by atoms with Gasteiger partial charge >= 0.3 is 0 Å².